The summed E-state index contributed by atoms with van der Waals surface area (Å²) in [5, 5.41) is 0. The van der Waals surface area contributed by atoms with Crippen molar-refractivity contribution >= 4 is 15.9 Å². The summed E-state index contributed by atoms with van der Waals surface area (Å²) in [4.78, 5) is 2.21. The molecule has 20 heavy (non-hydrogen) atoms. The summed E-state index contributed by atoms with van der Waals surface area (Å²) >= 11 is 0. The molecule has 1 unspecified atom stereocenters. The van der Waals surface area contributed by atoms with Crippen molar-refractivity contribution in [3.05, 3.63) is 30.3 Å². The van der Waals surface area contributed by atoms with Gasteiger partial charge >= 0.3 is 0 Å². The van der Waals surface area contributed by atoms with Crippen molar-refractivity contribution in [1.82, 2.24) is 9.03 Å². The Labute approximate surface area is 120 Å². The van der Waals surface area contributed by atoms with Crippen LogP contribution in [0, 0.1) is 0 Å². The van der Waals surface area contributed by atoms with Gasteiger partial charge in [0.15, 0.2) is 0 Å². The van der Waals surface area contributed by atoms with Gasteiger partial charge in [-0.15, -0.1) is 0 Å². The number of ether oxygens (including phenoxy) is 1. The van der Waals surface area contributed by atoms with Crippen LogP contribution in [0.15, 0.2) is 30.3 Å². The van der Waals surface area contributed by atoms with Gasteiger partial charge < -0.3 is 9.64 Å². The van der Waals surface area contributed by atoms with Crippen molar-refractivity contribution in [2.45, 2.75) is 6.10 Å². The number of rotatable bonds is 5. The fourth-order valence-corrected chi connectivity index (χ4v) is 2.70. The van der Waals surface area contributed by atoms with E-state index in [9.17, 15) is 8.42 Å². The van der Waals surface area contributed by atoms with E-state index in [4.69, 9.17) is 4.74 Å². The minimum atomic E-state index is -3.39. The zero-order valence-corrected chi connectivity index (χ0v) is 12.6. The van der Waals surface area contributed by atoms with E-state index in [1.807, 2.05) is 30.3 Å². The van der Waals surface area contributed by atoms with E-state index >= 15 is 0 Å². The Morgan fingerprint density at radius 3 is 2.70 bits per heavy atom. The van der Waals surface area contributed by atoms with Crippen molar-refractivity contribution in [2.24, 2.45) is 0 Å². The van der Waals surface area contributed by atoms with E-state index in [-0.39, 0.29) is 12.6 Å². The third kappa shape index (κ3) is 3.92. The van der Waals surface area contributed by atoms with Crippen LogP contribution in [-0.4, -0.2) is 59.2 Å². The standard InChI is InChI=1S/C13H21N3O3S/c1-15(2)20(17,18)14-10-13-11-16(8-9-19-13)12-6-4-3-5-7-12/h3-7,13-14H,8-11H2,1-2H3. The summed E-state index contributed by atoms with van der Waals surface area (Å²) in [6.45, 7) is 2.38. The Kier molecular flexibility index (Phi) is 4.98. The summed E-state index contributed by atoms with van der Waals surface area (Å²) in [7, 11) is -0.394. The molecule has 7 heteroatoms. The van der Waals surface area contributed by atoms with E-state index in [0.29, 0.717) is 13.2 Å². The lowest BCUT2D eigenvalue weighted by Gasteiger charge is -2.34. The first-order valence-corrected chi connectivity index (χ1v) is 8.02. The summed E-state index contributed by atoms with van der Waals surface area (Å²) in [5.41, 5.74) is 1.14. The lowest BCUT2D eigenvalue weighted by molar-refractivity contribution is 0.0441. The molecule has 1 heterocycles. The number of nitrogens with zero attached hydrogens (tertiary/aromatic N) is 2. The van der Waals surface area contributed by atoms with E-state index in [1.165, 1.54) is 14.1 Å². The lowest BCUT2D eigenvalue weighted by atomic mass is 10.2. The predicted octanol–water partition coefficient (Wildman–Crippen LogP) is 0.288. The molecule has 0 amide bonds. The molecule has 0 aromatic heterocycles. The number of hydrogen-bond donors (Lipinski definition) is 1. The van der Waals surface area contributed by atoms with Gasteiger partial charge in [-0.2, -0.15) is 17.4 Å². The molecule has 2 rings (SSSR count). The smallest absolute Gasteiger partial charge is 0.279 e. The van der Waals surface area contributed by atoms with Crippen molar-refractivity contribution in [3.63, 3.8) is 0 Å². The van der Waals surface area contributed by atoms with Crippen LogP contribution in [0.5, 0.6) is 0 Å². The minimum Gasteiger partial charge on any atom is -0.373 e. The van der Waals surface area contributed by atoms with Crippen LogP contribution in [0.1, 0.15) is 0 Å². The van der Waals surface area contributed by atoms with Gasteiger partial charge in [0, 0.05) is 39.4 Å². The molecular weight excluding hydrogens is 278 g/mol. The predicted molar refractivity (Wildman–Crippen MR) is 79.0 cm³/mol. The molecule has 1 saturated heterocycles. The first-order chi connectivity index (χ1) is 9.49. The minimum absolute atomic E-state index is 0.140. The number of morpholine rings is 1. The maximum absolute atomic E-state index is 11.7. The molecule has 112 valence electrons. The van der Waals surface area contributed by atoms with Crippen LogP contribution in [0.2, 0.25) is 0 Å². The highest BCUT2D eigenvalue weighted by molar-refractivity contribution is 7.87. The Bertz CT molecular complexity index is 519. The molecular formula is C13H21N3O3S. The molecule has 1 aromatic rings. The van der Waals surface area contributed by atoms with Crippen LogP contribution in [0.3, 0.4) is 0 Å². The highest BCUT2D eigenvalue weighted by Crippen LogP contribution is 2.16. The quantitative estimate of drug-likeness (QED) is 0.849. The Balaban J connectivity index is 1.91. The van der Waals surface area contributed by atoms with Gasteiger partial charge in [0.1, 0.15) is 0 Å². The Morgan fingerprint density at radius 1 is 1.35 bits per heavy atom. The van der Waals surface area contributed by atoms with E-state index in [1.54, 1.807) is 0 Å². The average Bonchev–Trinajstić information content (AvgIpc) is 2.46. The van der Waals surface area contributed by atoms with Crippen molar-refractivity contribution < 1.29 is 13.2 Å². The van der Waals surface area contributed by atoms with Gasteiger partial charge in [-0.1, -0.05) is 18.2 Å². The fraction of sp³-hybridized carbons (Fsp3) is 0.538. The van der Waals surface area contributed by atoms with Crippen molar-refractivity contribution in [1.29, 1.82) is 0 Å². The maximum Gasteiger partial charge on any atom is 0.279 e. The highest BCUT2D eigenvalue weighted by Gasteiger charge is 2.23. The highest BCUT2D eigenvalue weighted by atomic mass is 32.2. The van der Waals surface area contributed by atoms with Gasteiger partial charge in [-0.05, 0) is 12.1 Å². The van der Waals surface area contributed by atoms with E-state index in [2.05, 4.69) is 9.62 Å². The van der Waals surface area contributed by atoms with E-state index in [0.717, 1.165) is 16.5 Å². The fourth-order valence-electron chi connectivity index (χ4n) is 2.04. The number of anilines is 1. The van der Waals surface area contributed by atoms with Crippen LogP contribution >= 0.6 is 0 Å². The topological polar surface area (TPSA) is 61.9 Å². The number of hydrogen-bond acceptors (Lipinski definition) is 4. The molecule has 0 saturated carbocycles. The normalized spacial score (nSPS) is 20.4. The van der Waals surface area contributed by atoms with Crippen LogP contribution in [-0.2, 0) is 14.9 Å². The zero-order chi connectivity index (χ0) is 14.6. The van der Waals surface area contributed by atoms with Gasteiger partial charge in [0.2, 0.25) is 0 Å². The molecule has 1 aromatic carbocycles. The average molecular weight is 299 g/mol. The molecule has 0 bridgehead atoms. The Hall–Kier alpha value is -1.15. The monoisotopic (exact) mass is 299 g/mol. The first kappa shape index (κ1) is 15.2. The molecule has 6 nitrogen and oxygen atoms in total. The molecule has 0 radical (unpaired) electrons. The molecule has 1 atom stereocenters. The lowest BCUT2D eigenvalue weighted by Crippen LogP contribution is -2.49. The second kappa shape index (κ2) is 6.53. The molecule has 1 aliphatic rings. The third-order valence-electron chi connectivity index (χ3n) is 3.23. The van der Waals surface area contributed by atoms with Gasteiger partial charge in [0.05, 0.1) is 12.7 Å². The summed E-state index contributed by atoms with van der Waals surface area (Å²) < 4.78 is 32.7. The van der Waals surface area contributed by atoms with Crippen LogP contribution < -0.4 is 9.62 Å². The van der Waals surface area contributed by atoms with Gasteiger partial charge in [-0.3, -0.25) is 0 Å². The second-order valence-corrected chi connectivity index (χ2v) is 6.88. The van der Waals surface area contributed by atoms with Gasteiger partial charge in [0.25, 0.3) is 10.2 Å². The molecule has 1 N–H and O–H groups in total. The third-order valence-corrected chi connectivity index (χ3v) is 4.73. The first-order valence-electron chi connectivity index (χ1n) is 6.58. The SMILES string of the molecule is CN(C)S(=O)(=O)NCC1CN(c2ccccc2)CCO1. The molecule has 0 spiro atoms. The summed E-state index contributed by atoms with van der Waals surface area (Å²) in [6, 6.07) is 10.1. The summed E-state index contributed by atoms with van der Waals surface area (Å²) in [5.74, 6) is 0. The van der Waals surface area contributed by atoms with Crippen molar-refractivity contribution in [2.75, 3.05) is 45.2 Å². The van der Waals surface area contributed by atoms with E-state index < -0.39 is 10.2 Å². The molecule has 1 aliphatic heterocycles. The molecule has 1 fully saturated rings. The molecule has 0 aliphatic carbocycles. The Morgan fingerprint density at radius 2 is 2.05 bits per heavy atom. The number of benzene rings is 1. The van der Waals surface area contributed by atoms with Crippen LogP contribution in [0.25, 0.3) is 0 Å². The second-order valence-electron chi connectivity index (χ2n) is 4.91. The van der Waals surface area contributed by atoms with Gasteiger partial charge in [-0.25, -0.2) is 0 Å². The number of nitrogens with one attached hydrogen (secondary N) is 1. The largest absolute Gasteiger partial charge is 0.373 e. The maximum atomic E-state index is 11.7. The van der Waals surface area contributed by atoms with Crippen LogP contribution in [0.4, 0.5) is 5.69 Å². The zero-order valence-electron chi connectivity index (χ0n) is 11.8. The summed E-state index contributed by atoms with van der Waals surface area (Å²) in [6.07, 6.45) is -0.140. The number of para-hydroxylation sites is 1. The van der Waals surface area contributed by atoms with Crippen molar-refractivity contribution in [3.8, 4) is 0 Å².